The SMILES string of the molecule is c1ccc2c(c1)-c1cccc3cc(-n4c5ccccc5c5c4ccc4c6ccc7ccccc7c6n(-c6cccc7ccccc67)c45)cc-2c13. The van der Waals surface area contributed by atoms with Crippen molar-refractivity contribution in [3.8, 4) is 33.6 Å². The summed E-state index contributed by atoms with van der Waals surface area (Å²) in [5.74, 6) is 0. The van der Waals surface area contributed by atoms with Crippen LogP contribution in [0.1, 0.15) is 0 Å². The summed E-state index contributed by atoms with van der Waals surface area (Å²) in [5, 5.41) is 12.7. The van der Waals surface area contributed by atoms with E-state index in [9.17, 15) is 0 Å². The zero-order valence-electron chi connectivity index (χ0n) is 27.1. The standard InChI is InChI=1S/C48H28N2/c1-3-15-33-29(11-1)13-10-22-42(33)50-47-34-16-4-2-12-30(34)23-24-38(47)39-25-26-44-46(48(39)50)40-19-7-8-21-43(40)49(44)32-27-31-14-9-20-37-35-17-5-6-18-36(35)41(28-32)45(31)37/h1-28H. The maximum Gasteiger partial charge on any atom is 0.0641 e. The van der Waals surface area contributed by atoms with Crippen molar-refractivity contribution in [2.75, 3.05) is 0 Å². The van der Waals surface area contributed by atoms with E-state index in [-0.39, 0.29) is 0 Å². The third-order valence-corrected chi connectivity index (χ3v) is 11.2. The van der Waals surface area contributed by atoms with Gasteiger partial charge in [0.25, 0.3) is 0 Å². The summed E-state index contributed by atoms with van der Waals surface area (Å²) in [7, 11) is 0. The first-order valence-corrected chi connectivity index (χ1v) is 17.4. The molecule has 50 heavy (non-hydrogen) atoms. The highest BCUT2D eigenvalue weighted by Gasteiger charge is 2.25. The zero-order chi connectivity index (χ0) is 32.5. The minimum atomic E-state index is 1.19. The van der Waals surface area contributed by atoms with Crippen LogP contribution in [0.2, 0.25) is 0 Å². The number of rotatable bonds is 2. The summed E-state index contributed by atoms with van der Waals surface area (Å²) in [6.45, 7) is 0. The molecule has 2 aromatic heterocycles. The highest BCUT2D eigenvalue weighted by atomic mass is 15.0. The molecule has 0 atom stereocenters. The van der Waals surface area contributed by atoms with Gasteiger partial charge in [-0.2, -0.15) is 0 Å². The van der Waals surface area contributed by atoms with Crippen molar-refractivity contribution in [3.63, 3.8) is 0 Å². The Morgan fingerprint density at radius 1 is 0.300 bits per heavy atom. The van der Waals surface area contributed by atoms with Gasteiger partial charge in [-0.15, -0.1) is 0 Å². The van der Waals surface area contributed by atoms with Crippen molar-refractivity contribution in [1.82, 2.24) is 9.13 Å². The largest absolute Gasteiger partial charge is 0.309 e. The Morgan fingerprint density at radius 2 is 0.920 bits per heavy atom. The molecule has 11 aromatic rings. The van der Waals surface area contributed by atoms with Gasteiger partial charge in [0, 0.05) is 38.0 Å². The van der Waals surface area contributed by atoms with E-state index in [1.54, 1.807) is 0 Å². The first kappa shape index (κ1) is 26.3. The lowest BCUT2D eigenvalue weighted by Crippen LogP contribution is -1.97. The maximum absolute atomic E-state index is 2.57. The molecule has 0 N–H and O–H groups in total. The minimum absolute atomic E-state index is 1.19. The average Bonchev–Trinajstić information content (AvgIpc) is 3.81. The number of hydrogen-bond donors (Lipinski definition) is 0. The summed E-state index contributed by atoms with van der Waals surface area (Å²) < 4.78 is 5.06. The molecule has 2 nitrogen and oxygen atoms in total. The molecule has 2 heteroatoms. The van der Waals surface area contributed by atoms with Gasteiger partial charge in [-0.25, -0.2) is 0 Å². The van der Waals surface area contributed by atoms with Gasteiger partial charge < -0.3 is 9.13 Å². The van der Waals surface area contributed by atoms with E-state index in [1.165, 1.54) is 110 Å². The summed E-state index contributed by atoms with van der Waals surface area (Å²) >= 11 is 0. The van der Waals surface area contributed by atoms with E-state index in [0.29, 0.717) is 0 Å². The van der Waals surface area contributed by atoms with Crippen LogP contribution < -0.4 is 0 Å². The van der Waals surface area contributed by atoms with Crippen LogP contribution in [0.3, 0.4) is 0 Å². The fraction of sp³-hybridized carbons (Fsp3) is 0. The van der Waals surface area contributed by atoms with E-state index in [2.05, 4.69) is 179 Å². The average molecular weight is 633 g/mol. The van der Waals surface area contributed by atoms with Crippen LogP contribution in [0, 0.1) is 0 Å². The normalized spacial score (nSPS) is 12.4. The first-order chi connectivity index (χ1) is 24.8. The number of hydrogen-bond acceptors (Lipinski definition) is 0. The molecule has 0 bridgehead atoms. The van der Waals surface area contributed by atoms with E-state index in [4.69, 9.17) is 0 Å². The highest BCUT2D eigenvalue weighted by molar-refractivity contribution is 6.29. The zero-order valence-corrected chi connectivity index (χ0v) is 27.1. The molecule has 2 heterocycles. The minimum Gasteiger partial charge on any atom is -0.309 e. The number of fused-ring (bicyclic) bond motifs is 13. The smallest absolute Gasteiger partial charge is 0.0641 e. The second-order valence-electron chi connectivity index (χ2n) is 13.7. The van der Waals surface area contributed by atoms with Gasteiger partial charge in [0.1, 0.15) is 0 Å². The van der Waals surface area contributed by atoms with Crippen LogP contribution in [0.15, 0.2) is 170 Å². The molecule has 0 saturated heterocycles. The quantitative estimate of drug-likeness (QED) is 0.179. The van der Waals surface area contributed by atoms with Crippen molar-refractivity contribution in [1.29, 1.82) is 0 Å². The van der Waals surface area contributed by atoms with Gasteiger partial charge in [0.05, 0.1) is 27.8 Å². The van der Waals surface area contributed by atoms with E-state index < -0.39 is 0 Å². The third kappa shape index (κ3) is 3.28. The van der Waals surface area contributed by atoms with Crippen LogP contribution in [-0.4, -0.2) is 9.13 Å². The van der Waals surface area contributed by atoms with Gasteiger partial charge in [-0.05, 0) is 74.1 Å². The lowest BCUT2D eigenvalue weighted by atomic mass is 10.0. The van der Waals surface area contributed by atoms with Crippen LogP contribution >= 0.6 is 0 Å². The molecule has 0 fully saturated rings. The van der Waals surface area contributed by atoms with Crippen LogP contribution in [0.25, 0.3) is 110 Å². The Labute approximate surface area is 287 Å². The Hall–Kier alpha value is -6.64. The number of nitrogens with zero attached hydrogens (tertiary/aromatic N) is 2. The lowest BCUT2D eigenvalue weighted by Gasteiger charge is -2.14. The van der Waals surface area contributed by atoms with Crippen LogP contribution in [-0.2, 0) is 0 Å². The van der Waals surface area contributed by atoms with Crippen molar-refractivity contribution < 1.29 is 0 Å². The summed E-state index contributed by atoms with van der Waals surface area (Å²) in [5.41, 5.74) is 12.6. The monoisotopic (exact) mass is 632 g/mol. The number of para-hydroxylation sites is 1. The molecule has 12 rings (SSSR count). The molecule has 230 valence electrons. The van der Waals surface area contributed by atoms with E-state index in [0.717, 1.165) is 0 Å². The van der Waals surface area contributed by atoms with Gasteiger partial charge in [-0.1, -0.05) is 140 Å². The molecular formula is C48H28N2. The van der Waals surface area contributed by atoms with Crippen molar-refractivity contribution in [2.45, 2.75) is 0 Å². The van der Waals surface area contributed by atoms with E-state index >= 15 is 0 Å². The predicted octanol–water partition coefficient (Wildman–Crippen LogP) is 13.0. The lowest BCUT2D eigenvalue weighted by molar-refractivity contribution is 1.18. The van der Waals surface area contributed by atoms with Crippen LogP contribution in [0.4, 0.5) is 0 Å². The predicted molar refractivity (Wildman–Crippen MR) is 212 cm³/mol. The van der Waals surface area contributed by atoms with E-state index in [1.807, 2.05) is 0 Å². The van der Waals surface area contributed by atoms with Crippen molar-refractivity contribution in [3.05, 3.63) is 170 Å². The fourth-order valence-corrected chi connectivity index (χ4v) is 9.17. The molecule has 9 aromatic carbocycles. The molecular weight excluding hydrogens is 605 g/mol. The van der Waals surface area contributed by atoms with Crippen molar-refractivity contribution >= 4 is 75.9 Å². The molecule has 0 amide bonds. The highest BCUT2D eigenvalue weighted by Crippen LogP contribution is 2.49. The number of benzene rings is 9. The van der Waals surface area contributed by atoms with Crippen molar-refractivity contribution in [2.24, 2.45) is 0 Å². The fourth-order valence-electron chi connectivity index (χ4n) is 9.17. The van der Waals surface area contributed by atoms with Gasteiger partial charge in [0.15, 0.2) is 0 Å². The third-order valence-electron chi connectivity index (χ3n) is 11.2. The Bertz CT molecular complexity index is 3260. The van der Waals surface area contributed by atoms with Gasteiger partial charge in [-0.3, -0.25) is 0 Å². The molecule has 0 unspecified atom stereocenters. The molecule has 1 aliphatic rings. The summed E-state index contributed by atoms with van der Waals surface area (Å²) in [6.07, 6.45) is 0. The first-order valence-electron chi connectivity index (χ1n) is 17.4. The van der Waals surface area contributed by atoms with Gasteiger partial charge in [0.2, 0.25) is 0 Å². The topological polar surface area (TPSA) is 9.86 Å². The molecule has 1 aliphatic carbocycles. The Kier molecular flexibility index (Phi) is 5.00. The maximum atomic E-state index is 2.57. The van der Waals surface area contributed by atoms with Crippen LogP contribution in [0.5, 0.6) is 0 Å². The summed E-state index contributed by atoms with van der Waals surface area (Å²) in [4.78, 5) is 0. The molecule has 0 saturated carbocycles. The van der Waals surface area contributed by atoms with Gasteiger partial charge >= 0.3 is 0 Å². The second kappa shape index (κ2) is 9.49. The molecule has 0 spiro atoms. The number of aromatic nitrogens is 2. The molecule has 0 aliphatic heterocycles. The second-order valence-corrected chi connectivity index (χ2v) is 13.7. The Balaban J connectivity index is 1.29. The Morgan fingerprint density at radius 3 is 1.80 bits per heavy atom. The summed E-state index contributed by atoms with van der Waals surface area (Å²) in [6, 6.07) is 63.0. The molecule has 0 radical (unpaired) electrons.